The molecule has 5 nitrogen and oxygen atoms in total. The topological polar surface area (TPSA) is 95.9 Å². The average Bonchev–Trinajstić information content (AvgIpc) is 2.36. The van der Waals surface area contributed by atoms with Crippen molar-refractivity contribution in [2.45, 2.75) is 12.2 Å². The third-order valence-electron chi connectivity index (χ3n) is 2.13. The number of nitrogen functional groups attached to an aromatic ring is 1. The fraction of sp³-hybridized carbons (Fsp3) is 0.500. The molecule has 2 unspecified atom stereocenters. The predicted octanol–water partition coefficient (Wildman–Crippen LogP) is 0.0949. The minimum absolute atomic E-state index is 0.172. The molecule has 0 saturated heterocycles. The van der Waals surface area contributed by atoms with Gasteiger partial charge in [0.1, 0.15) is 12.4 Å². The van der Waals surface area contributed by atoms with Crippen LogP contribution in [0.25, 0.3) is 0 Å². The number of ether oxygens (including phenoxy) is 1. The smallest absolute Gasteiger partial charge is 0.121 e. The van der Waals surface area contributed by atoms with Crippen LogP contribution in [0.5, 0.6) is 5.75 Å². The van der Waals surface area contributed by atoms with Gasteiger partial charge in [-0.3, -0.25) is 0 Å². The summed E-state index contributed by atoms with van der Waals surface area (Å²) in [6.07, 6.45) is -1.36. The van der Waals surface area contributed by atoms with Crippen molar-refractivity contribution >= 4 is 17.4 Å². The number of hydrogen-bond acceptors (Lipinski definition) is 6. The van der Waals surface area contributed by atoms with E-state index in [0.29, 0.717) is 22.9 Å². The zero-order valence-electron chi connectivity index (χ0n) is 10.0. The Kier molecular flexibility index (Phi) is 6.89. The summed E-state index contributed by atoms with van der Waals surface area (Å²) in [5.74, 6) is 1.46. The summed E-state index contributed by atoms with van der Waals surface area (Å²) in [5, 5.41) is 27.4. The highest BCUT2D eigenvalue weighted by Gasteiger charge is 2.08. The van der Waals surface area contributed by atoms with Crippen molar-refractivity contribution in [2.24, 2.45) is 0 Å². The lowest BCUT2D eigenvalue weighted by Crippen LogP contribution is -2.22. The molecule has 102 valence electrons. The number of aliphatic hydroxyl groups excluding tert-OH is 3. The fourth-order valence-electron chi connectivity index (χ4n) is 1.24. The lowest BCUT2D eigenvalue weighted by atomic mass is 10.3. The average molecular weight is 273 g/mol. The Hall–Kier alpha value is -0.950. The number of hydrogen-bond donors (Lipinski definition) is 4. The summed E-state index contributed by atoms with van der Waals surface area (Å²) in [7, 11) is 0. The van der Waals surface area contributed by atoms with Gasteiger partial charge in [-0.25, -0.2) is 0 Å². The second kappa shape index (κ2) is 8.20. The van der Waals surface area contributed by atoms with Gasteiger partial charge in [0.15, 0.2) is 0 Å². The second-order valence-electron chi connectivity index (χ2n) is 3.91. The van der Waals surface area contributed by atoms with E-state index in [9.17, 15) is 5.11 Å². The highest BCUT2D eigenvalue weighted by Crippen LogP contribution is 2.15. The van der Waals surface area contributed by atoms with Gasteiger partial charge in [-0.2, -0.15) is 11.8 Å². The molecule has 0 fully saturated rings. The Morgan fingerprint density at radius 2 is 1.94 bits per heavy atom. The van der Waals surface area contributed by atoms with E-state index in [-0.39, 0.29) is 13.2 Å². The Bertz CT molecular complexity index is 351. The molecule has 0 bridgehead atoms. The van der Waals surface area contributed by atoms with Crippen LogP contribution in [0.2, 0.25) is 0 Å². The second-order valence-corrected chi connectivity index (χ2v) is 4.99. The third kappa shape index (κ3) is 6.11. The molecule has 1 aromatic carbocycles. The van der Waals surface area contributed by atoms with Crippen molar-refractivity contribution in [1.29, 1.82) is 0 Å². The molecular weight excluding hydrogens is 254 g/mol. The Morgan fingerprint density at radius 1 is 1.22 bits per heavy atom. The summed E-state index contributed by atoms with van der Waals surface area (Å²) in [4.78, 5) is 0. The van der Waals surface area contributed by atoms with E-state index in [2.05, 4.69) is 0 Å². The largest absolute Gasteiger partial charge is 0.491 e. The number of aliphatic hydroxyl groups is 3. The van der Waals surface area contributed by atoms with Crippen molar-refractivity contribution in [3.8, 4) is 5.75 Å². The first kappa shape index (κ1) is 15.1. The first-order valence-electron chi connectivity index (χ1n) is 5.65. The molecule has 0 aliphatic heterocycles. The molecule has 1 aromatic rings. The molecule has 0 aliphatic rings. The van der Waals surface area contributed by atoms with E-state index in [1.165, 1.54) is 11.8 Å². The van der Waals surface area contributed by atoms with Crippen molar-refractivity contribution in [1.82, 2.24) is 0 Å². The van der Waals surface area contributed by atoms with Crippen LogP contribution in [0, 0.1) is 0 Å². The lowest BCUT2D eigenvalue weighted by Gasteiger charge is -2.13. The predicted molar refractivity (Wildman–Crippen MR) is 72.8 cm³/mol. The quantitative estimate of drug-likeness (QED) is 0.502. The maximum atomic E-state index is 9.64. The van der Waals surface area contributed by atoms with Crippen LogP contribution in [-0.2, 0) is 0 Å². The lowest BCUT2D eigenvalue weighted by molar-refractivity contribution is 0.112. The van der Waals surface area contributed by atoms with Gasteiger partial charge in [-0.1, -0.05) is 6.07 Å². The zero-order valence-corrected chi connectivity index (χ0v) is 10.8. The van der Waals surface area contributed by atoms with Crippen LogP contribution in [0.1, 0.15) is 0 Å². The number of anilines is 1. The van der Waals surface area contributed by atoms with Crippen molar-refractivity contribution in [3.63, 3.8) is 0 Å². The first-order chi connectivity index (χ1) is 8.61. The highest BCUT2D eigenvalue weighted by atomic mass is 32.2. The molecule has 0 aliphatic carbocycles. The van der Waals surface area contributed by atoms with Gasteiger partial charge >= 0.3 is 0 Å². The van der Waals surface area contributed by atoms with Crippen molar-refractivity contribution in [3.05, 3.63) is 24.3 Å². The minimum atomic E-state index is -0.739. The summed E-state index contributed by atoms with van der Waals surface area (Å²) in [6, 6.07) is 7.00. The van der Waals surface area contributed by atoms with Crippen LogP contribution in [0.4, 0.5) is 5.69 Å². The Balaban J connectivity index is 2.19. The zero-order chi connectivity index (χ0) is 13.4. The molecule has 0 saturated carbocycles. The summed E-state index contributed by atoms with van der Waals surface area (Å²) in [5.41, 5.74) is 6.21. The molecule has 0 heterocycles. The summed E-state index contributed by atoms with van der Waals surface area (Å²) in [6.45, 7) is -0.0887. The molecule has 0 aromatic heterocycles. The summed E-state index contributed by atoms with van der Waals surface area (Å²) >= 11 is 1.37. The van der Waals surface area contributed by atoms with E-state index in [1.807, 2.05) is 0 Å². The third-order valence-corrected chi connectivity index (χ3v) is 3.37. The van der Waals surface area contributed by atoms with Gasteiger partial charge in [0.05, 0.1) is 18.8 Å². The molecule has 18 heavy (non-hydrogen) atoms. The summed E-state index contributed by atoms with van der Waals surface area (Å²) < 4.78 is 5.38. The maximum absolute atomic E-state index is 9.64. The van der Waals surface area contributed by atoms with Gasteiger partial charge in [-0.05, 0) is 12.1 Å². The molecule has 6 heteroatoms. The van der Waals surface area contributed by atoms with E-state index in [4.69, 9.17) is 20.7 Å². The van der Waals surface area contributed by atoms with Crippen LogP contribution < -0.4 is 10.5 Å². The number of rotatable bonds is 8. The van der Waals surface area contributed by atoms with E-state index in [1.54, 1.807) is 24.3 Å². The monoisotopic (exact) mass is 273 g/mol. The molecule has 5 N–H and O–H groups in total. The van der Waals surface area contributed by atoms with Crippen LogP contribution in [0.15, 0.2) is 24.3 Å². The Labute approximate surface area is 111 Å². The normalized spacial score (nSPS) is 14.2. The van der Waals surface area contributed by atoms with Crippen molar-refractivity contribution < 1.29 is 20.1 Å². The van der Waals surface area contributed by atoms with Gasteiger partial charge in [0.2, 0.25) is 0 Å². The molecule has 2 atom stereocenters. The van der Waals surface area contributed by atoms with E-state index in [0.717, 1.165) is 0 Å². The standard InChI is InChI=1S/C12H19NO4S/c13-9-2-1-3-12(4-9)17-6-11(16)8-18-7-10(15)5-14/h1-4,10-11,14-16H,5-8,13H2. The van der Waals surface area contributed by atoms with Gasteiger partial charge < -0.3 is 25.8 Å². The molecule has 0 spiro atoms. The van der Waals surface area contributed by atoms with E-state index < -0.39 is 12.2 Å². The fourth-order valence-corrected chi connectivity index (χ4v) is 2.12. The number of benzene rings is 1. The van der Waals surface area contributed by atoms with Crippen LogP contribution in [0.3, 0.4) is 0 Å². The van der Waals surface area contributed by atoms with Gasteiger partial charge in [-0.15, -0.1) is 0 Å². The molecule has 0 amide bonds. The minimum Gasteiger partial charge on any atom is -0.491 e. The van der Waals surface area contributed by atoms with Gasteiger partial charge in [0, 0.05) is 23.3 Å². The maximum Gasteiger partial charge on any atom is 0.121 e. The molecule has 1 rings (SSSR count). The van der Waals surface area contributed by atoms with Crippen molar-refractivity contribution in [2.75, 3.05) is 30.5 Å². The van der Waals surface area contributed by atoms with Gasteiger partial charge in [0.25, 0.3) is 0 Å². The van der Waals surface area contributed by atoms with Crippen LogP contribution in [-0.4, -0.2) is 52.2 Å². The molecule has 0 radical (unpaired) electrons. The highest BCUT2D eigenvalue weighted by molar-refractivity contribution is 7.99. The SMILES string of the molecule is Nc1cccc(OCC(O)CSCC(O)CO)c1. The number of nitrogens with two attached hydrogens (primary N) is 1. The first-order valence-corrected chi connectivity index (χ1v) is 6.80. The molecular formula is C12H19NO4S. The van der Waals surface area contributed by atoms with Crippen LogP contribution >= 0.6 is 11.8 Å². The Morgan fingerprint density at radius 3 is 2.61 bits per heavy atom. The number of thioether (sulfide) groups is 1. The van der Waals surface area contributed by atoms with E-state index >= 15 is 0 Å².